The largest absolute Gasteiger partial charge is 0.481 e. The molecule has 10 nitrogen and oxygen atoms in total. The first-order valence-corrected chi connectivity index (χ1v) is 10.7. The van der Waals surface area contributed by atoms with Gasteiger partial charge in [-0.25, -0.2) is 15.4 Å². The molecular formula is C24H22N6O4. The predicted octanol–water partition coefficient (Wildman–Crippen LogP) is 2.71. The molecule has 0 spiro atoms. The molecule has 10 heteroatoms. The van der Waals surface area contributed by atoms with Crippen LogP contribution in [-0.2, 0) is 17.7 Å². The Hall–Kier alpha value is -4.31. The van der Waals surface area contributed by atoms with Gasteiger partial charge in [-0.3, -0.25) is 14.4 Å². The highest BCUT2D eigenvalue weighted by Crippen LogP contribution is 2.26. The quantitative estimate of drug-likeness (QED) is 0.423. The SMILES string of the molecule is CONC(=O)c1cn(-c2ccc3c(c2)CCC3)c2nc(Nc3ccc(OC)nc3)ncc2c1=O. The number of pyridine rings is 2. The van der Waals surface area contributed by atoms with E-state index in [1.165, 1.54) is 30.6 Å². The molecular weight excluding hydrogens is 436 g/mol. The Morgan fingerprint density at radius 3 is 2.68 bits per heavy atom. The number of amides is 1. The van der Waals surface area contributed by atoms with E-state index in [0.717, 1.165) is 24.9 Å². The first kappa shape index (κ1) is 21.5. The highest BCUT2D eigenvalue weighted by atomic mass is 16.6. The molecule has 1 aliphatic carbocycles. The van der Waals surface area contributed by atoms with Crippen LogP contribution in [0.3, 0.4) is 0 Å². The molecule has 5 rings (SSSR count). The van der Waals surface area contributed by atoms with Crippen LogP contribution in [0.1, 0.15) is 27.9 Å². The number of hydroxylamine groups is 1. The number of benzene rings is 1. The number of nitrogens with one attached hydrogen (secondary N) is 2. The zero-order chi connectivity index (χ0) is 23.7. The standard InChI is InChI=1S/C24H22N6O4/c1-33-20-9-7-16(11-25-20)27-24-26-12-18-21(31)19(23(32)29-34-2)13-30(22(18)28-24)17-8-6-14-4-3-5-15(14)10-17/h6-13H,3-5H2,1-2H3,(H,29,32)(H,26,27,28). The summed E-state index contributed by atoms with van der Waals surface area (Å²) in [7, 11) is 2.86. The molecule has 34 heavy (non-hydrogen) atoms. The summed E-state index contributed by atoms with van der Waals surface area (Å²) in [5, 5.41) is 3.30. The molecule has 1 amide bonds. The molecule has 0 fully saturated rings. The van der Waals surface area contributed by atoms with Gasteiger partial charge in [-0.05, 0) is 48.6 Å². The van der Waals surface area contributed by atoms with Crippen molar-refractivity contribution in [3.05, 3.63) is 75.8 Å². The lowest BCUT2D eigenvalue weighted by atomic mass is 10.1. The number of hydrogen-bond donors (Lipinski definition) is 2. The highest BCUT2D eigenvalue weighted by Gasteiger charge is 2.19. The van der Waals surface area contributed by atoms with Crippen LogP contribution in [0.4, 0.5) is 11.6 Å². The minimum Gasteiger partial charge on any atom is -0.481 e. The molecule has 0 atom stereocenters. The summed E-state index contributed by atoms with van der Waals surface area (Å²) in [4.78, 5) is 43.4. The third-order valence-corrected chi connectivity index (χ3v) is 5.75. The smallest absolute Gasteiger partial charge is 0.280 e. The molecule has 3 aromatic heterocycles. The first-order valence-electron chi connectivity index (χ1n) is 10.7. The van der Waals surface area contributed by atoms with Crippen molar-refractivity contribution >= 4 is 28.6 Å². The van der Waals surface area contributed by atoms with E-state index in [9.17, 15) is 9.59 Å². The molecule has 172 valence electrons. The van der Waals surface area contributed by atoms with Crippen molar-refractivity contribution in [2.24, 2.45) is 0 Å². The Kier molecular flexibility index (Phi) is 5.64. The zero-order valence-corrected chi connectivity index (χ0v) is 18.7. The van der Waals surface area contributed by atoms with Gasteiger partial charge >= 0.3 is 0 Å². The summed E-state index contributed by atoms with van der Waals surface area (Å²) in [6.45, 7) is 0. The van der Waals surface area contributed by atoms with Crippen LogP contribution in [0.2, 0.25) is 0 Å². The molecule has 4 aromatic rings. The van der Waals surface area contributed by atoms with Gasteiger partial charge in [-0.2, -0.15) is 4.98 Å². The summed E-state index contributed by atoms with van der Waals surface area (Å²) in [6, 6.07) is 9.62. The number of hydrogen-bond acceptors (Lipinski definition) is 8. The molecule has 0 bridgehead atoms. The molecule has 1 aromatic carbocycles. The maximum absolute atomic E-state index is 13.1. The van der Waals surface area contributed by atoms with Crippen LogP contribution in [0, 0.1) is 0 Å². The number of anilines is 2. The Morgan fingerprint density at radius 1 is 1.06 bits per heavy atom. The van der Waals surface area contributed by atoms with Crippen molar-refractivity contribution < 1.29 is 14.4 Å². The Morgan fingerprint density at radius 2 is 1.91 bits per heavy atom. The van der Waals surface area contributed by atoms with Crippen LogP contribution < -0.4 is 21.0 Å². The third-order valence-electron chi connectivity index (χ3n) is 5.75. The second-order valence-electron chi connectivity index (χ2n) is 7.83. The number of aryl methyl sites for hydroxylation is 2. The summed E-state index contributed by atoms with van der Waals surface area (Å²) in [5.74, 6) is 0.121. The van der Waals surface area contributed by atoms with Crippen LogP contribution in [0.25, 0.3) is 16.7 Å². The Labute approximate surface area is 194 Å². The Bertz CT molecular complexity index is 1450. The number of fused-ring (bicyclic) bond motifs is 2. The fourth-order valence-corrected chi connectivity index (χ4v) is 4.09. The van der Waals surface area contributed by atoms with Crippen molar-refractivity contribution in [1.82, 2.24) is 25.0 Å². The third kappa shape index (κ3) is 3.95. The number of methoxy groups -OCH3 is 1. The van der Waals surface area contributed by atoms with Gasteiger partial charge < -0.3 is 14.6 Å². The maximum atomic E-state index is 13.1. The van der Waals surface area contributed by atoms with Crippen molar-refractivity contribution in [2.75, 3.05) is 19.5 Å². The van der Waals surface area contributed by atoms with E-state index in [0.29, 0.717) is 17.2 Å². The first-order chi connectivity index (χ1) is 16.6. The van der Waals surface area contributed by atoms with Gasteiger partial charge in [0.05, 0.1) is 31.5 Å². The van der Waals surface area contributed by atoms with Gasteiger partial charge in [0.15, 0.2) is 5.65 Å². The summed E-state index contributed by atoms with van der Waals surface area (Å²) >= 11 is 0. The molecule has 1 aliphatic rings. The summed E-state index contributed by atoms with van der Waals surface area (Å²) in [6.07, 6.45) is 7.65. The minimum atomic E-state index is -0.643. The zero-order valence-electron chi connectivity index (χ0n) is 18.7. The number of carbonyl (C=O) groups excluding carboxylic acids is 1. The molecule has 0 unspecified atom stereocenters. The van der Waals surface area contributed by atoms with Gasteiger partial charge in [-0.1, -0.05) is 6.07 Å². The maximum Gasteiger partial charge on any atom is 0.280 e. The van der Waals surface area contributed by atoms with E-state index < -0.39 is 11.3 Å². The molecule has 2 N–H and O–H groups in total. The van der Waals surface area contributed by atoms with E-state index >= 15 is 0 Å². The summed E-state index contributed by atoms with van der Waals surface area (Å²) in [5.41, 5.74) is 6.06. The number of nitrogens with zero attached hydrogens (tertiary/aromatic N) is 4. The molecule has 0 radical (unpaired) electrons. The van der Waals surface area contributed by atoms with Gasteiger partial charge in [0, 0.05) is 24.1 Å². The number of carbonyl (C=O) groups is 1. The van der Waals surface area contributed by atoms with Gasteiger partial charge in [-0.15, -0.1) is 0 Å². The molecule has 0 aliphatic heterocycles. The van der Waals surface area contributed by atoms with Crippen molar-refractivity contribution in [1.29, 1.82) is 0 Å². The molecule has 0 saturated heterocycles. The fraction of sp³-hybridized carbons (Fsp3) is 0.208. The average molecular weight is 458 g/mol. The minimum absolute atomic E-state index is 0.0708. The predicted molar refractivity (Wildman–Crippen MR) is 126 cm³/mol. The van der Waals surface area contributed by atoms with E-state index in [-0.39, 0.29) is 16.9 Å². The second-order valence-corrected chi connectivity index (χ2v) is 7.83. The lowest BCUT2D eigenvalue weighted by Crippen LogP contribution is -2.29. The van der Waals surface area contributed by atoms with Gasteiger partial charge in [0.25, 0.3) is 5.91 Å². The molecule has 0 saturated carbocycles. The lowest BCUT2D eigenvalue weighted by molar-refractivity contribution is 0.0536. The van der Waals surface area contributed by atoms with Crippen molar-refractivity contribution in [3.8, 4) is 11.6 Å². The monoisotopic (exact) mass is 458 g/mol. The normalized spacial score (nSPS) is 12.4. The van der Waals surface area contributed by atoms with E-state index in [4.69, 9.17) is 9.57 Å². The van der Waals surface area contributed by atoms with Crippen LogP contribution in [-0.4, -0.2) is 39.6 Å². The summed E-state index contributed by atoms with van der Waals surface area (Å²) < 4.78 is 6.82. The van der Waals surface area contributed by atoms with Crippen molar-refractivity contribution in [2.45, 2.75) is 19.3 Å². The lowest BCUT2D eigenvalue weighted by Gasteiger charge is -2.15. The van der Waals surface area contributed by atoms with E-state index in [1.54, 1.807) is 30.0 Å². The average Bonchev–Trinajstić information content (AvgIpc) is 3.33. The molecule has 3 heterocycles. The number of aromatic nitrogens is 4. The highest BCUT2D eigenvalue weighted by molar-refractivity contribution is 5.96. The van der Waals surface area contributed by atoms with Crippen LogP contribution >= 0.6 is 0 Å². The van der Waals surface area contributed by atoms with Gasteiger partial charge in [0.1, 0.15) is 5.56 Å². The van der Waals surface area contributed by atoms with E-state index in [2.05, 4.69) is 37.9 Å². The van der Waals surface area contributed by atoms with Gasteiger partial charge in [0.2, 0.25) is 17.3 Å². The number of ether oxygens (including phenoxy) is 1. The van der Waals surface area contributed by atoms with Crippen LogP contribution in [0.5, 0.6) is 5.88 Å². The van der Waals surface area contributed by atoms with Crippen molar-refractivity contribution in [3.63, 3.8) is 0 Å². The fourth-order valence-electron chi connectivity index (χ4n) is 4.09. The Balaban J connectivity index is 1.65. The van der Waals surface area contributed by atoms with E-state index in [1.807, 2.05) is 6.07 Å². The topological polar surface area (TPSA) is 120 Å². The number of rotatable bonds is 6. The van der Waals surface area contributed by atoms with Crippen LogP contribution in [0.15, 0.2) is 53.7 Å². The second kappa shape index (κ2) is 8.91.